The van der Waals surface area contributed by atoms with E-state index >= 15 is 0 Å². The van der Waals surface area contributed by atoms with Crippen LogP contribution < -0.4 is 10.6 Å². The summed E-state index contributed by atoms with van der Waals surface area (Å²) in [6.45, 7) is 1.72. The molecule has 0 radical (unpaired) electrons. The van der Waals surface area contributed by atoms with E-state index in [9.17, 15) is 4.79 Å². The molecule has 5 heteroatoms. The Morgan fingerprint density at radius 1 is 1.47 bits per heavy atom. The van der Waals surface area contributed by atoms with Crippen LogP contribution in [0.4, 0.5) is 5.69 Å². The van der Waals surface area contributed by atoms with Gasteiger partial charge < -0.3 is 15.4 Å². The molecule has 17 heavy (non-hydrogen) atoms. The van der Waals surface area contributed by atoms with Gasteiger partial charge in [-0.05, 0) is 24.3 Å². The van der Waals surface area contributed by atoms with E-state index in [1.54, 1.807) is 24.3 Å². The van der Waals surface area contributed by atoms with Gasteiger partial charge in [0.25, 0.3) is 0 Å². The van der Waals surface area contributed by atoms with Crippen molar-refractivity contribution in [3.05, 3.63) is 29.8 Å². The Labute approximate surface area is 99.4 Å². The highest BCUT2D eigenvalue weighted by molar-refractivity contribution is 5.95. The summed E-state index contributed by atoms with van der Waals surface area (Å²) in [6, 6.07) is 8.47. The lowest BCUT2D eigenvalue weighted by molar-refractivity contribution is -0.120. The zero-order chi connectivity index (χ0) is 12.1. The van der Waals surface area contributed by atoms with Crippen LogP contribution in [-0.2, 0) is 9.53 Å². The molecule has 1 atom stereocenters. The number of hydrogen-bond acceptors (Lipinski definition) is 4. The van der Waals surface area contributed by atoms with Gasteiger partial charge in [-0.2, -0.15) is 5.26 Å². The van der Waals surface area contributed by atoms with Crippen molar-refractivity contribution in [3.63, 3.8) is 0 Å². The van der Waals surface area contributed by atoms with Crippen LogP contribution in [0.3, 0.4) is 0 Å². The Morgan fingerprint density at radius 2 is 2.24 bits per heavy atom. The molecular weight excluding hydrogens is 218 g/mol. The second kappa shape index (κ2) is 5.43. The summed E-state index contributed by atoms with van der Waals surface area (Å²) in [5, 5.41) is 14.5. The van der Waals surface area contributed by atoms with Gasteiger partial charge in [-0.3, -0.25) is 4.79 Å². The van der Waals surface area contributed by atoms with Gasteiger partial charge in [0.15, 0.2) is 0 Å². The highest BCUT2D eigenvalue weighted by Gasteiger charge is 2.20. The van der Waals surface area contributed by atoms with Gasteiger partial charge in [0.1, 0.15) is 6.04 Å². The maximum atomic E-state index is 11.8. The summed E-state index contributed by atoms with van der Waals surface area (Å²) in [5.41, 5.74) is 1.25. The average Bonchev–Trinajstić information content (AvgIpc) is 2.40. The summed E-state index contributed by atoms with van der Waals surface area (Å²) < 4.78 is 5.21. The van der Waals surface area contributed by atoms with Crippen molar-refractivity contribution in [2.24, 2.45) is 0 Å². The molecule has 5 nitrogen and oxygen atoms in total. The fraction of sp³-hybridized carbons (Fsp3) is 0.333. The van der Waals surface area contributed by atoms with Crippen molar-refractivity contribution in [1.29, 1.82) is 5.26 Å². The highest BCUT2D eigenvalue weighted by Crippen LogP contribution is 2.09. The van der Waals surface area contributed by atoms with Crippen LogP contribution in [0.25, 0.3) is 0 Å². The Balaban J connectivity index is 1.95. The maximum Gasteiger partial charge on any atom is 0.243 e. The van der Waals surface area contributed by atoms with E-state index < -0.39 is 0 Å². The van der Waals surface area contributed by atoms with Crippen molar-refractivity contribution in [2.75, 3.05) is 25.1 Å². The maximum absolute atomic E-state index is 11.8. The smallest absolute Gasteiger partial charge is 0.243 e. The Hall–Kier alpha value is -1.90. The van der Waals surface area contributed by atoms with E-state index in [-0.39, 0.29) is 11.9 Å². The van der Waals surface area contributed by atoms with E-state index in [0.29, 0.717) is 31.0 Å². The third-order valence-corrected chi connectivity index (χ3v) is 2.52. The minimum atomic E-state index is -0.306. The molecule has 2 N–H and O–H groups in total. The first-order valence-corrected chi connectivity index (χ1v) is 5.42. The summed E-state index contributed by atoms with van der Waals surface area (Å²) in [4.78, 5) is 11.8. The number of nitrogens with zero attached hydrogens (tertiary/aromatic N) is 1. The number of hydrogen-bond donors (Lipinski definition) is 2. The van der Waals surface area contributed by atoms with Gasteiger partial charge >= 0.3 is 0 Å². The fourth-order valence-electron chi connectivity index (χ4n) is 1.59. The standard InChI is InChI=1S/C12H13N3O2/c13-7-9-1-3-10(4-2-9)15-12(16)11-8-17-6-5-14-11/h1-4,11,14H,5-6,8H2,(H,15,16). The number of carbonyl (C=O) groups excluding carboxylic acids is 1. The molecule has 1 unspecified atom stereocenters. The molecule has 1 heterocycles. The fourth-order valence-corrected chi connectivity index (χ4v) is 1.59. The van der Waals surface area contributed by atoms with Crippen LogP contribution >= 0.6 is 0 Å². The molecule has 2 rings (SSSR count). The molecule has 0 saturated carbocycles. The van der Waals surface area contributed by atoms with Crippen LogP contribution in [0.1, 0.15) is 5.56 Å². The largest absolute Gasteiger partial charge is 0.378 e. The Kier molecular flexibility index (Phi) is 3.70. The SMILES string of the molecule is N#Cc1ccc(NC(=O)C2COCCN2)cc1. The van der Waals surface area contributed by atoms with Crippen molar-refractivity contribution < 1.29 is 9.53 Å². The normalized spacial score (nSPS) is 19.4. The third kappa shape index (κ3) is 3.03. The predicted octanol–water partition coefficient (Wildman–Crippen LogP) is 0.485. The molecule has 1 aromatic carbocycles. The Bertz CT molecular complexity index is 430. The number of morpholine rings is 1. The third-order valence-electron chi connectivity index (χ3n) is 2.52. The van der Waals surface area contributed by atoms with Crippen LogP contribution in [-0.4, -0.2) is 31.7 Å². The number of carbonyl (C=O) groups is 1. The van der Waals surface area contributed by atoms with E-state index in [2.05, 4.69) is 10.6 Å². The molecule has 1 aliphatic heterocycles. The number of anilines is 1. The van der Waals surface area contributed by atoms with Crippen molar-refractivity contribution >= 4 is 11.6 Å². The van der Waals surface area contributed by atoms with Gasteiger partial charge in [0.2, 0.25) is 5.91 Å². The van der Waals surface area contributed by atoms with Gasteiger partial charge in [0, 0.05) is 12.2 Å². The molecule has 1 saturated heterocycles. The van der Waals surface area contributed by atoms with Gasteiger partial charge in [0.05, 0.1) is 24.8 Å². The van der Waals surface area contributed by atoms with Crippen molar-refractivity contribution in [2.45, 2.75) is 6.04 Å². The summed E-state index contributed by atoms with van der Waals surface area (Å²) in [6.07, 6.45) is 0. The molecule has 0 aromatic heterocycles. The van der Waals surface area contributed by atoms with E-state index in [1.165, 1.54) is 0 Å². The summed E-state index contributed by atoms with van der Waals surface area (Å²) in [5.74, 6) is -0.116. The lowest BCUT2D eigenvalue weighted by atomic mass is 10.2. The van der Waals surface area contributed by atoms with E-state index in [4.69, 9.17) is 10.00 Å². The molecule has 88 valence electrons. The number of amides is 1. The van der Waals surface area contributed by atoms with Crippen LogP contribution in [0.15, 0.2) is 24.3 Å². The van der Waals surface area contributed by atoms with Crippen LogP contribution in [0.2, 0.25) is 0 Å². The average molecular weight is 231 g/mol. The molecule has 1 aromatic rings. The van der Waals surface area contributed by atoms with E-state index in [1.807, 2.05) is 6.07 Å². The zero-order valence-electron chi connectivity index (χ0n) is 9.27. The van der Waals surface area contributed by atoms with Crippen LogP contribution in [0.5, 0.6) is 0 Å². The van der Waals surface area contributed by atoms with Gasteiger partial charge in [-0.1, -0.05) is 0 Å². The highest BCUT2D eigenvalue weighted by atomic mass is 16.5. The number of ether oxygens (including phenoxy) is 1. The first kappa shape index (κ1) is 11.6. The minimum absolute atomic E-state index is 0.116. The van der Waals surface area contributed by atoms with Crippen molar-refractivity contribution in [3.8, 4) is 6.07 Å². The van der Waals surface area contributed by atoms with Gasteiger partial charge in [-0.25, -0.2) is 0 Å². The quantitative estimate of drug-likeness (QED) is 0.776. The van der Waals surface area contributed by atoms with E-state index in [0.717, 1.165) is 0 Å². The second-order valence-electron chi connectivity index (χ2n) is 3.76. The molecule has 1 amide bonds. The van der Waals surface area contributed by atoms with Crippen molar-refractivity contribution in [1.82, 2.24) is 5.32 Å². The number of rotatable bonds is 2. The molecule has 0 spiro atoms. The monoisotopic (exact) mass is 231 g/mol. The lowest BCUT2D eigenvalue weighted by Crippen LogP contribution is -2.48. The summed E-state index contributed by atoms with van der Waals surface area (Å²) >= 11 is 0. The molecule has 0 bridgehead atoms. The predicted molar refractivity (Wildman–Crippen MR) is 62.4 cm³/mol. The number of benzene rings is 1. The topological polar surface area (TPSA) is 74.2 Å². The van der Waals surface area contributed by atoms with Crippen LogP contribution in [0, 0.1) is 11.3 Å². The molecule has 1 fully saturated rings. The number of nitrogens with one attached hydrogen (secondary N) is 2. The first-order chi connectivity index (χ1) is 8.29. The minimum Gasteiger partial charge on any atom is -0.378 e. The first-order valence-electron chi connectivity index (χ1n) is 5.42. The Morgan fingerprint density at radius 3 is 2.82 bits per heavy atom. The second-order valence-corrected chi connectivity index (χ2v) is 3.76. The number of nitriles is 1. The zero-order valence-corrected chi connectivity index (χ0v) is 9.27. The molecule has 1 aliphatic rings. The van der Waals surface area contributed by atoms with Gasteiger partial charge in [-0.15, -0.1) is 0 Å². The lowest BCUT2D eigenvalue weighted by Gasteiger charge is -2.22. The molecule has 0 aliphatic carbocycles. The summed E-state index contributed by atoms with van der Waals surface area (Å²) in [7, 11) is 0. The molecular formula is C12H13N3O2.